The molecule has 3 heteroatoms. The van der Waals surface area contributed by atoms with Crippen LogP contribution in [0.1, 0.15) is 39.3 Å². The standard InChI is InChI=1S/C18H21NO2/c1-12-9-17(13(2)19(12)3)18(20)11-21-16-8-7-14-5-4-6-15(14)10-16/h7-10H,4-6,11H2,1-3H3. The molecule has 1 aromatic heterocycles. The summed E-state index contributed by atoms with van der Waals surface area (Å²) in [6.45, 7) is 4.07. The Morgan fingerprint density at radius 3 is 2.67 bits per heavy atom. The third-order valence-electron chi connectivity index (χ3n) is 4.52. The number of nitrogens with zero attached hydrogens (tertiary/aromatic N) is 1. The lowest BCUT2D eigenvalue weighted by molar-refractivity contribution is 0.0920. The summed E-state index contributed by atoms with van der Waals surface area (Å²) in [5.74, 6) is 0.839. The van der Waals surface area contributed by atoms with Gasteiger partial charge in [-0.05, 0) is 62.4 Å². The summed E-state index contributed by atoms with van der Waals surface area (Å²) < 4.78 is 7.72. The average Bonchev–Trinajstić information content (AvgIpc) is 3.04. The Kier molecular flexibility index (Phi) is 3.58. The van der Waals surface area contributed by atoms with E-state index in [1.54, 1.807) is 0 Å². The fourth-order valence-electron chi connectivity index (χ4n) is 3.00. The Morgan fingerprint density at radius 2 is 1.95 bits per heavy atom. The second-order valence-electron chi connectivity index (χ2n) is 5.84. The van der Waals surface area contributed by atoms with Gasteiger partial charge in [0.25, 0.3) is 0 Å². The largest absolute Gasteiger partial charge is 0.485 e. The molecule has 1 aromatic carbocycles. The van der Waals surface area contributed by atoms with Gasteiger partial charge in [-0.3, -0.25) is 4.79 Å². The molecule has 1 heterocycles. The van der Waals surface area contributed by atoms with Crippen LogP contribution in [0.15, 0.2) is 24.3 Å². The van der Waals surface area contributed by atoms with Gasteiger partial charge < -0.3 is 9.30 Å². The van der Waals surface area contributed by atoms with E-state index in [4.69, 9.17) is 4.74 Å². The van der Waals surface area contributed by atoms with Crippen molar-refractivity contribution >= 4 is 5.78 Å². The number of benzene rings is 1. The lowest BCUT2D eigenvalue weighted by Gasteiger charge is -2.08. The summed E-state index contributed by atoms with van der Waals surface area (Å²) in [5, 5.41) is 0. The fraction of sp³-hybridized carbons (Fsp3) is 0.389. The van der Waals surface area contributed by atoms with Crippen molar-refractivity contribution < 1.29 is 9.53 Å². The molecule has 21 heavy (non-hydrogen) atoms. The zero-order valence-electron chi connectivity index (χ0n) is 12.9. The summed E-state index contributed by atoms with van der Waals surface area (Å²) >= 11 is 0. The third kappa shape index (κ3) is 2.60. The van der Waals surface area contributed by atoms with Crippen LogP contribution in [-0.2, 0) is 19.9 Å². The monoisotopic (exact) mass is 283 g/mol. The van der Waals surface area contributed by atoms with E-state index in [0.29, 0.717) is 0 Å². The molecule has 1 aliphatic rings. The van der Waals surface area contributed by atoms with Gasteiger partial charge in [-0.25, -0.2) is 0 Å². The molecular weight excluding hydrogens is 262 g/mol. The normalized spacial score (nSPS) is 13.3. The highest BCUT2D eigenvalue weighted by molar-refractivity contribution is 5.98. The van der Waals surface area contributed by atoms with Crippen molar-refractivity contribution in [1.82, 2.24) is 4.57 Å². The summed E-state index contributed by atoms with van der Waals surface area (Å²) in [6, 6.07) is 8.11. The second-order valence-corrected chi connectivity index (χ2v) is 5.84. The molecule has 3 rings (SSSR count). The minimum Gasteiger partial charge on any atom is -0.485 e. The molecule has 0 N–H and O–H groups in total. The Morgan fingerprint density at radius 1 is 1.19 bits per heavy atom. The fourth-order valence-corrected chi connectivity index (χ4v) is 3.00. The smallest absolute Gasteiger partial charge is 0.202 e. The number of fused-ring (bicyclic) bond motifs is 1. The van der Waals surface area contributed by atoms with Crippen LogP contribution in [0.3, 0.4) is 0 Å². The molecular formula is C18H21NO2. The van der Waals surface area contributed by atoms with Crippen molar-refractivity contribution in [2.75, 3.05) is 6.61 Å². The van der Waals surface area contributed by atoms with Gasteiger partial charge in [-0.15, -0.1) is 0 Å². The highest BCUT2D eigenvalue weighted by atomic mass is 16.5. The van der Waals surface area contributed by atoms with Crippen LogP contribution in [0.25, 0.3) is 0 Å². The van der Waals surface area contributed by atoms with Gasteiger partial charge in [0, 0.05) is 24.0 Å². The van der Waals surface area contributed by atoms with Crippen LogP contribution in [0.5, 0.6) is 5.75 Å². The molecule has 0 spiro atoms. The first-order valence-electron chi connectivity index (χ1n) is 7.47. The molecule has 2 aromatic rings. The molecule has 0 unspecified atom stereocenters. The van der Waals surface area contributed by atoms with E-state index in [9.17, 15) is 4.79 Å². The molecule has 0 amide bonds. The van der Waals surface area contributed by atoms with Gasteiger partial charge in [0.05, 0.1) is 0 Å². The van der Waals surface area contributed by atoms with E-state index < -0.39 is 0 Å². The van der Waals surface area contributed by atoms with Crippen LogP contribution in [0.4, 0.5) is 0 Å². The quantitative estimate of drug-likeness (QED) is 0.805. The summed E-state index contributed by atoms with van der Waals surface area (Å²) in [6.07, 6.45) is 3.51. The first kappa shape index (κ1) is 13.9. The predicted octanol–water partition coefficient (Wildman–Crippen LogP) is 3.39. The number of ketones is 1. The number of aryl methyl sites for hydroxylation is 3. The van der Waals surface area contributed by atoms with Crippen LogP contribution >= 0.6 is 0 Å². The number of hydrogen-bond donors (Lipinski definition) is 0. The van der Waals surface area contributed by atoms with E-state index in [2.05, 4.69) is 12.1 Å². The molecule has 0 bridgehead atoms. The minimum atomic E-state index is 0.0386. The van der Waals surface area contributed by atoms with Crippen molar-refractivity contribution in [1.29, 1.82) is 0 Å². The van der Waals surface area contributed by atoms with E-state index in [-0.39, 0.29) is 12.4 Å². The van der Waals surface area contributed by atoms with Crippen LogP contribution < -0.4 is 4.74 Å². The zero-order chi connectivity index (χ0) is 15.0. The van der Waals surface area contributed by atoms with Crippen molar-refractivity contribution in [2.24, 2.45) is 7.05 Å². The maximum Gasteiger partial charge on any atom is 0.202 e. The Balaban J connectivity index is 1.70. The van der Waals surface area contributed by atoms with E-state index in [1.165, 1.54) is 17.5 Å². The number of ether oxygens (including phenoxy) is 1. The van der Waals surface area contributed by atoms with E-state index >= 15 is 0 Å². The second kappa shape index (κ2) is 5.40. The summed E-state index contributed by atoms with van der Waals surface area (Å²) in [4.78, 5) is 12.3. The molecule has 0 fully saturated rings. The summed E-state index contributed by atoms with van der Waals surface area (Å²) in [7, 11) is 1.98. The number of hydrogen-bond acceptors (Lipinski definition) is 2. The van der Waals surface area contributed by atoms with Crippen molar-refractivity contribution in [3.8, 4) is 5.75 Å². The van der Waals surface area contributed by atoms with Crippen molar-refractivity contribution in [3.63, 3.8) is 0 Å². The summed E-state index contributed by atoms with van der Waals surface area (Å²) in [5.41, 5.74) is 5.63. The molecule has 1 aliphatic carbocycles. The van der Waals surface area contributed by atoms with Gasteiger partial charge >= 0.3 is 0 Å². The lowest BCUT2D eigenvalue weighted by Crippen LogP contribution is -2.12. The molecule has 0 saturated carbocycles. The minimum absolute atomic E-state index is 0.0386. The predicted molar refractivity (Wildman–Crippen MR) is 83.2 cm³/mol. The number of aromatic nitrogens is 1. The Hall–Kier alpha value is -2.03. The molecule has 0 radical (unpaired) electrons. The third-order valence-corrected chi connectivity index (χ3v) is 4.52. The Labute approximate surface area is 125 Å². The zero-order valence-corrected chi connectivity index (χ0v) is 12.9. The maximum atomic E-state index is 12.3. The van der Waals surface area contributed by atoms with E-state index in [0.717, 1.165) is 35.5 Å². The maximum absolute atomic E-state index is 12.3. The molecule has 110 valence electrons. The molecule has 0 saturated heterocycles. The van der Waals surface area contributed by atoms with Crippen LogP contribution in [0, 0.1) is 13.8 Å². The topological polar surface area (TPSA) is 31.2 Å². The first-order valence-corrected chi connectivity index (χ1v) is 7.47. The highest BCUT2D eigenvalue weighted by Crippen LogP contribution is 2.26. The van der Waals surface area contributed by atoms with Crippen molar-refractivity contribution in [2.45, 2.75) is 33.1 Å². The lowest BCUT2D eigenvalue weighted by atomic mass is 10.1. The van der Waals surface area contributed by atoms with Gasteiger partial charge in [-0.2, -0.15) is 0 Å². The number of carbonyl (C=O) groups is 1. The number of carbonyl (C=O) groups excluding carboxylic acids is 1. The van der Waals surface area contributed by atoms with Gasteiger partial charge in [0.2, 0.25) is 5.78 Å². The average molecular weight is 283 g/mol. The Bertz CT molecular complexity index is 697. The highest BCUT2D eigenvalue weighted by Gasteiger charge is 2.15. The molecule has 0 atom stereocenters. The van der Waals surface area contributed by atoms with Crippen molar-refractivity contribution in [3.05, 3.63) is 52.3 Å². The first-order chi connectivity index (χ1) is 10.1. The van der Waals surface area contributed by atoms with Gasteiger partial charge in [-0.1, -0.05) is 6.07 Å². The van der Waals surface area contributed by atoms with Gasteiger partial charge in [0.1, 0.15) is 5.75 Å². The number of Topliss-reactive ketones (excluding diaryl/α,β-unsaturated/α-hetero) is 1. The van der Waals surface area contributed by atoms with Crippen LogP contribution in [-0.4, -0.2) is 17.0 Å². The molecule has 3 nitrogen and oxygen atoms in total. The number of rotatable bonds is 4. The van der Waals surface area contributed by atoms with Crippen LogP contribution in [0.2, 0.25) is 0 Å². The van der Waals surface area contributed by atoms with E-state index in [1.807, 2.05) is 37.6 Å². The van der Waals surface area contributed by atoms with Gasteiger partial charge in [0.15, 0.2) is 6.61 Å². The SMILES string of the molecule is Cc1cc(C(=O)COc2ccc3c(c2)CCC3)c(C)n1C. The molecule has 0 aliphatic heterocycles.